The summed E-state index contributed by atoms with van der Waals surface area (Å²) >= 11 is 6.12. The summed E-state index contributed by atoms with van der Waals surface area (Å²) in [5.74, 6) is 0. The van der Waals surface area contributed by atoms with Crippen LogP contribution >= 0.6 is 11.6 Å². The fourth-order valence-corrected chi connectivity index (χ4v) is 3.87. The number of nitro benzene ring substituents is 1. The molecule has 0 bridgehead atoms. The number of nitro groups is 1. The molecule has 24 heavy (non-hydrogen) atoms. The summed E-state index contributed by atoms with van der Waals surface area (Å²) in [4.78, 5) is 9.95. The van der Waals surface area contributed by atoms with E-state index in [1.807, 2.05) is 0 Å². The van der Waals surface area contributed by atoms with Gasteiger partial charge >= 0.3 is 0 Å². The van der Waals surface area contributed by atoms with Crippen LogP contribution in [0.1, 0.15) is 0 Å². The Morgan fingerprint density at radius 3 is 2.25 bits per heavy atom. The Labute approximate surface area is 142 Å². The van der Waals surface area contributed by atoms with E-state index in [4.69, 9.17) is 11.6 Å². The second-order valence-electron chi connectivity index (χ2n) is 4.97. The molecule has 1 N–H and O–H groups in total. The van der Waals surface area contributed by atoms with E-state index in [9.17, 15) is 18.5 Å². The molecule has 6 nitrogen and oxygen atoms in total. The second-order valence-corrected chi connectivity index (χ2v) is 7.03. The number of anilines is 1. The molecule has 0 aliphatic carbocycles. The predicted octanol–water partition coefficient (Wildman–Crippen LogP) is 4.20. The summed E-state index contributed by atoms with van der Waals surface area (Å²) in [6.45, 7) is 0. The van der Waals surface area contributed by atoms with Crippen molar-refractivity contribution in [2.45, 2.75) is 4.90 Å². The van der Waals surface area contributed by atoms with Crippen molar-refractivity contribution in [3.8, 4) is 0 Å². The van der Waals surface area contributed by atoms with E-state index in [2.05, 4.69) is 4.72 Å². The number of nitrogens with zero attached hydrogens (tertiary/aromatic N) is 1. The fourth-order valence-electron chi connectivity index (χ4n) is 2.39. The van der Waals surface area contributed by atoms with Gasteiger partial charge in [-0.05, 0) is 18.2 Å². The molecule has 0 saturated carbocycles. The Morgan fingerprint density at radius 2 is 1.54 bits per heavy atom. The number of para-hydroxylation sites is 1. The summed E-state index contributed by atoms with van der Waals surface area (Å²) in [6.07, 6.45) is 0. The number of benzene rings is 3. The van der Waals surface area contributed by atoms with Crippen LogP contribution in [0.25, 0.3) is 10.8 Å². The molecule has 0 radical (unpaired) electrons. The zero-order valence-corrected chi connectivity index (χ0v) is 13.7. The van der Waals surface area contributed by atoms with Crippen LogP contribution < -0.4 is 4.72 Å². The lowest BCUT2D eigenvalue weighted by molar-refractivity contribution is -0.387. The molecule has 3 aromatic carbocycles. The van der Waals surface area contributed by atoms with Crippen LogP contribution in [0.5, 0.6) is 0 Å². The molecular weight excluding hydrogens is 352 g/mol. The summed E-state index contributed by atoms with van der Waals surface area (Å²) < 4.78 is 27.6. The van der Waals surface area contributed by atoms with E-state index in [-0.39, 0.29) is 0 Å². The lowest BCUT2D eigenvalue weighted by Crippen LogP contribution is -2.15. The SMILES string of the molecule is O=[N+]([O-])c1ccccc1S(=O)(=O)Nc1ccc(Cl)c2ccccc12. The number of hydrogen-bond acceptors (Lipinski definition) is 4. The summed E-state index contributed by atoms with van der Waals surface area (Å²) in [7, 11) is -4.13. The van der Waals surface area contributed by atoms with Crippen LogP contribution in [0.4, 0.5) is 11.4 Å². The van der Waals surface area contributed by atoms with Crippen LogP contribution in [0.3, 0.4) is 0 Å². The van der Waals surface area contributed by atoms with E-state index < -0.39 is 25.5 Å². The first-order valence-corrected chi connectivity index (χ1v) is 8.70. The largest absolute Gasteiger partial charge is 0.289 e. The highest BCUT2D eigenvalue weighted by Gasteiger charge is 2.25. The van der Waals surface area contributed by atoms with Gasteiger partial charge in [0, 0.05) is 21.9 Å². The first-order chi connectivity index (χ1) is 11.4. The number of halogens is 1. The van der Waals surface area contributed by atoms with E-state index in [0.29, 0.717) is 21.5 Å². The van der Waals surface area contributed by atoms with Crippen LogP contribution in [0.15, 0.2) is 65.6 Å². The van der Waals surface area contributed by atoms with Crippen molar-refractivity contribution < 1.29 is 13.3 Å². The smallest absolute Gasteiger partial charge is 0.279 e. The van der Waals surface area contributed by atoms with Gasteiger partial charge in [-0.25, -0.2) is 8.42 Å². The van der Waals surface area contributed by atoms with Crippen molar-refractivity contribution in [1.29, 1.82) is 0 Å². The molecule has 0 amide bonds. The highest BCUT2D eigenvalue weighted by molar-refractivity contribution is 7.92. The molecule has 3 rings (SSSR count). The molecule has 0 atom stereocenters. The molecule has 0 fully saturated rings. The van der Waals surface area contributed by atoms with Crippen LogP contribution in [-0.4, -0.2) is 13.3 Å². The number of sulfonamides is 1. The van der Waals surface area contributed by atoms with Crippen molar-refractivity contribution in [3.63, 3.8) is 0 Å². The van der Waals surface area contributed by atoms with Crippen LogP contribution in [0.2, 0.25) is 5.02 Å². The zero-order valence-electron chi connectivity index (χ0n) is 12.1. The summed E-state index contributed by atoms with van der Waals surface area (Å²) in [5, 5.41) is 12.8. The quantitative estimate of drug-likeness (QED) is 0.556. The van der Waals surface area contributed by atoms with Gasteiger partial charge in [-0.15, -0.1) is 0 Å². The third kappa shape index (κ3) is 2.91. The van der Waals surface area contributed by atoms with Crippen molar-refractivity contribution in [2.75, 3.05) is 4.72 Å². The van der Waals surface area contributed by atoms with Gasteiger partial charge in [0.25, 0.3) is 15.7 Å². The lowest BCUT2D eigenvalue weighted by atomic mass is 10.1. The molecule has 0 aromatic heterocycles. The molecule has 122 valence electrons. The van der Waals surface area contributed by atoms with Gasteiger partial charge in [-0.1, -0.05) is 48.0 Å². The minimum absolute atomic E-state index is 0.299. The predicted molar refractivity (Wildman–Crippen MR) is 92.9 cm³/mol. The maximum absolute atomic E-state index is 12.6. The first kappa shape index (κ1) is 16.2. The van der Waals surface area contributed by atoms with Crippen molar-refractivity contribution >= 4 is 43.8 Å². The Kier molecular flexibility index (Phi) is 4.13. The Balaban J connectivity index is 2.12. The van der Waals surface area contributed by atoms with Gasteiger partial charge in [-0.2, -0.15) is 0 Å². The Bertz CT molecular complexity index is 1050. The van der Waals surface area contributed by atoms with E-state index in [1.54, 1.807) is 30.3 Å². The number of nitrogens with one attached hydrogen (secondary N) is 1. The lowest BCUT2D eigenvalue weighted by Gasteiger charge is -2.11. The fraction of sp³-hybridized carbons (Fsp3) is 0. The maximum atomic E-state index is 12.6. The first-order valence-electron chi connectivity index (χ1n) is 6.83. The summed E-state index contributed by atoms with van der Waals surface area (Å²) in [5.41, 5.74) is -0.184. The van der Waals surface area contributed by atoms with Crippen LogP contribution in [0, 0.1) is 10.1 Å². The molecule has 0 aliphatic heterocycles. The monoisotopic (exact) mass is 362 g/mol. The average Bonchev–Trinajstić information content (AvgIpc) is 2.57. The molecule has 0 heterocycles. The highest BCUT2D eigenvalue weighted by atomic mass is 35.5. The standard InChI is InChI=1S/C16H11ClN2O4S/c17-13-9-10-14(12-6-2-1-5-11(12)13)18-24(22,23)16-8-4-3-7-15(16)19(20)21/h1-10,18H. The van der Waals surface area contributed by atoms with Crippen molar-refractivity contribution in [2.24, 2.45) is 0 Å². The average molecular weight is 363 g/mol. The Morgan fingerprint density at radius 1 is 0.917 bits per heavy atom. The number of fused-ring (bicyclic) bond motifs is 1. The van der Waals surface area contributed by atoms with Gasteiger partial charge < -0.3 is 0 Å². The third-order valence-corrected chi connectivity index (χ3v) is 5.21. The molecule has 0 aliphatic rings. The van der Waals surface area contributed by atoms with Gasteiger partial charge in [0.1, 0.15) is 0 Å². The maximum Gasteiger partial charge on any atom is 0.289 e. The third-order valence-electron chi connectivity index (χ3n) is 3.47. The van der Waals surface area contributed by atoms with E-state index in [1.165, 1.54) is 24.3 Å². The molecule has 0 unspecified atom stereocenters. The molecule has 0 spiro atoms. The Hall–Kier alpha value is -2.64. The molecule has 8 heteroatoms. The highest BCUT2D eigenvalue weighted by Crippen LogP contribution is 2.32. The minimum Gasteiger partial charge on any atom is -0.279 e. The number of hydrogen-bond donors (Lipinski definition) is 1. The topological polar surface area (TPSA) is 89.3 Å². The van der Waals surface area contributed by atoms with Gasteiger partial charge in [-0.3, -0.25) is 14.8 Å². The molecule has 3 aromatic rings. The second kappa shape index (κ2) is 6.10. The van der Waals surface area contributed by atoms with Crippen LogP contribution in [-0.2, 0) is 10.0 Å². The van der Waals surface area contributed by atoms with Crippen molar-refractivity contribution in [1.82, 2.24) is 0 Å². The normalized spacial score (nSPS) is 11.4. The van der Waals surface area contributed by atoms with E-state index >= 15 is 0 Å². The zero-order chi connectivity index (χ0) is 17.3. The van der Waals surface area contributed by atoms with Crippen molar-refractivity contribution in [3.05, 3.63) is 75.8 Å². The van der Waals surface area contributed by atoms with E-state index in [0.717, 1.165) is 6.07 Å². The summed E-state index contributed by atoms with van der Waals surface area (Å²) in [6, 6.07) is 15.3. The number of rotatable bonds is 4. The van der Waals surface area contributed by atoms with Gasteiger partial charge in [0.2, 0.25) is 0 Å². The van der Waals surface area contributed by atoms with Gasteiger partial charge in [0.15, 0.2) is 4.90 Å². The molecular formula is C16H11ClN2O4S. The minimum atomic E-state index is -4.13. The van der Waals surface area contributed by atoms with Gasteiger partial charge in [0.05, 0.1) is 10.6 Å². The molecule has 0 saturated heterocycles.